The van der Waals surface area contributed by atoms with Gasteiger partial charge in [-0.2, -0.15) is 0 Å². The van der Waals surface area contributed by atoms with Crippen LogP contribution >= 0.6 is 7.82 Å². The number of phosphoric acid groups is 1. The van der Waals surface area contributed by atoms with Crippen LogP contribution in [-0.4, -0.2) is 108 Å². The van der Waals surface area contributed by atoms with Crippen molar-refractivity contribution in [3.63, 3.8) is 0 Å². The van der Waals surface area contributed by atoms with E-state index in [-0.39, 0.29) is 38.4 Å². The molecule has 7 atom stereocenters. The molecule has 0 bridgehead atoms. The van der Waals surface area contributed by atoms with E-state index in [1.165, 1.54) is 6.92 Å². The molecule has 0 aromatic rings. The Labute approximate surface area is 219 Å². The first kappa shape index (κ1) is 34.3. The molecule has 1 heterocycles. The van der Waals surface area contributed by atoms with E-state index < -0.39 is 62.7 Å². The van der Waals surface area contributed by atoms with Crippen molar-refractivity contribution in [2.75, 3.05) is 39.6 Å². The molecule has 0 saturated carbocycles. The van der Waals surface area contributed by atoms with Gasteiger partial charge in [-0.25, -0.2) is 4.57 Å². The average Bonchev–Trinajstić information content (AvgIpc) is 2.71. The van der Waals surface area contributed by atoms with Crippen LogP contribution in [0.2, 0.25) is 0 Å². The highest BCUT2D eigenvalue weighted by molar-refractivity contribution is 7.47. The minimum atomic E-state index is -4.28. The van der Waals surface area contributed by atoms with Crippen LogP contribution in [-0.2, 0) is 37.4 Å². The molecule has 13 nitrogen and oxygen atoms in total. The van der Waals surface area contributed by atoms with Crippen molar-refractivity contribution in [2.24, 2.45) is 5.41 Å². The van der Waals surface area contributed by atoms with Gasteiger partial charge in [0.2, 0.25) is 5.91 Å². The second-order valence-corrected chi connectivity index (χ2v) is 12.5. The number of ether oxygens (including phenoxy) is 4. The van der Waals surface area contributed by atoms with Gasteiger partial charge in [-0.15, -0.1) is 0 Å². The molecule has 1 rings (SSSR count). The van der Waals surface area contributed by atoms with Crippen LogP contribution in [0.4, 0.5) is 0 Å². The average molecular weight is 560 g/mol. The summed E-state index contributed by atoms with van der Waals surface area (Å²) in [6.45, 7) is 12.3. The fourth-order valence-corrected chi connectivity index (χ4v) is 4.88. The van der Waals surface area contributed by atoms with Gasteiger partial charge in [-0.1, -0.05) is 20.8 Å². The third-order valence-electron chi connectivity index (χ3n) is 4.95. The number of nitrogens with one attached hydrogen (secondary N) is 1. The Bertz CT molecular complexity index is 725. The predicted octanol–water partition coefficient (Wildman–Crippen LogP) is 0.717. The van der Waals surface area contributed by atoms with Crippen molar-refractivity contribution in [2.45, 2.75) is 97.2 Å². The summed E-state index contributed by atoms with van der Waals surface area (Å²) in [5.41, 5.74) is -1.03. The summed E-state index contributed by atoms with van der Waals surface area (Å²) in [6.07, 6.45) is -5.14. The molecule has 0 aromatic carbocycles. The number of aliphatic hydroxyl groups excluding tert-OH is 3. The first-order valence-corrected chi connectivity index (χ1v) is 13.8. The second kappa shape index (κ2) is 15.2. The van der Waals surface area contributed by atoms with Crippen LogP contribution in [0, 0.1) is 5.41 Å². The van der Waals surface area contributed by atoms with Gasteiger partial charge < -0.3 is 44.5 Å². The Morgan fingerprint density at radius 3 is 2.16 bits per heavy atom. The number of rotatable bonds is 15. The molecule has 1 fully saturated rings. The molecule has 1 amide bonds. The number of carbonyl (C=O) groups is 1. The van der Waals surface area contributed by atoms with Crippen molar-refractivity contribution in [1.29, 1.82) is 0 Å². The zero-order valence-electron chi connectivity index (χ0n) is 22.9. The Balaban J connectivity index is 2.44. The van der Waals surface area contributed by atoms with Crippen LogP contribution in [0.1, 0.15) is 54.9 Å². The molecule has 0 aliphatic carbocycles. The van der Waals surface area contributed by atoms with Gasteiger partial charge in [-0.05, 0) is 32.6 Å². The normalized spacial score (nSPS) is 27.5. The minimum absolute atomic E-state index is 0.0370. The molecular weight excluding hydrogens is 513 g/mol. The first-order chi connectivity index (χ1) is 16.9. The van der Waals surface area contributed by atoms with Crippen molar-refractivity contribution in [3.05, 3.63) is 0 Å². The van der Waals surface area contributed by atoms with E-state index in [1.54, 1.807) is 20.8 Å². The van der Waals surface area contributed by atoms with Crippen LogP contribution in [0.5, 0.6) is 0 Å². The number of hydrogen-bond acceptors (Lipinski definition) is 11. The molecule has 1 aliphatic rings. The quantitative estimate of drug-likeness (QED) is 0.140. The lowest BCUT2D eigenvalue weighted by Crippen LogP contribution is -2.64. The summed E-state index contributed by atoms with van der Waals surface area (Å²) in [7, 11) is -4.28. The van der Waals surface area contributed by atoms with Crippen LogP contribution in [0.25, 0.3) is 0 Å². The van der Waals surface area contributed by atoms with Crippen LogP contribution in [0.15, 0.2) is 0 Å². The monoisotopic (exact) mass is 559 g/mol. The maximum Gasteiger partial charge on any atom is 0.473 e. The van der Waals surface area contributed by atoms with Gasteiger partial charge in [0.05, 0.1) is 51.3 Å². The molecule has 0 spiro atoms. The van der Waals surface area contributed by atoms with E-state index in [0.717, 1.165) is 0 Å². The molecule has 14 heteroatoms. The molecule has 37 heavy (non-hydrogen) atoms. The Kier molecular flexibility index (Phi) is 14.1. The predicted molar refractivity (Wildman–Crippen MR) is 133 cm³/mol. The number of hydrogen-bond donors (Lipinski definition) is 5. The van der Waals surface area contributed by atoms with Gasteiger partial charge in [0.1, 0.15) is 24.4 Å². The third kappa shape index (κ3) is 14.3. The molecule has 1 aliphatic heterocycles. The minimum Gasteiger partial charge on any atom is -0.394 e. The van der Waals surface area contributed by atoms with Crippen molar-refractivity contribution in [1.82, 2.24) is 5.32 Å². The lowest BCUT2D eigenvalue weighted by Gasteiger charge is -2.42. The summed E-state index contributed by atoms with van der Waals surface area (Å²) in [4.78, 5) is 21.5. The Morgan fingerprint density at radius 1 is 1.03 bits per heavy atom. The van der Waals surface area contributed by atoms with Crippen molar-refractivity contribution in [3.8, 4) is 0 Å². The van der Waals surface area contributed by atoms with E-state index in [9.17, 15) is 29.6 Å². The van der Waals surface area contributed by atoms with Gasteiger partial charge in [-0.3, -0.25) is 13.8 Å². The molecule has 1 saturated heterocycles. The highest BCUT2D eigenvalue weighted by Crippen LogP contribution is 2.49. The zero-order chi connectivity index (χ0) is 28.4. The highest BCUT2D eigenvalue weighted by Gasteiger charge is 2.45. The summed E-state index contributed by atoms with van der Waals surface area (Å²) >= 11 is 0. The van der Waals surface area contributed by atoms with E-state index in [4.69, 9.17) is 28.0 Å². The molecule has 0 radical (unpaired) electrons. The number of aliphatic hydroxyl groups is 3. The highest BCUT2D eigenvalue weighted by atomic mass is 31.2. The van der Waals surface area contributed by atoms with E-state index in [0.29, 0.717) is 6.42 Å². The second-order valence-electron chi connectivity index (χ2n) is 11.2. The molecule has 220 valence electrons. The number of phosphoric ester groups is 1. The number of amides is 1. The maximum atomic E-state index is 12.4. The molecule has 5 N–H and O–H groups in total. The lowest BCUT2D eigenvalue weighted by atomic mass is 9.89. The molecular formula is C23H46NO12P. The van der Waals surface area contributed by atoms with Gasteiger partial charge >= 0.3 is 7.82 Å². The van der Waals surface area contributed by atoms with Crippen molar-refractivity contribution < 1.29 is 57.6 Å². The first-order valence-electron chi connectivity index (χ1n) is 12.3. The standard InChI is InChI=1S/C23H46NO12P/c1-15(26)24-18-20(28)19(27)17(13-25)34-21(18)33-11-10-31-8-9-32-14-16(12-22(2,3)4)35-37(29,30)36-23(5,6)7/h16-21,25,27-28H,8-14H2,1-7H3,(H,24,26)(H,29,30)/t16-,17-,18-,19+,20-,21-/m1/s1. The van der Waals surface area contributed by atoms with E-state index in [1.807, 2.05) is 20.8 Å². The fourth-order valence-electron chi connectivity index (χ4n) is 3.64. The SMILES string of the molecule is CC(=O)N[C@H]1[C@H](OCCOCCOC[C@@H](CC(C)(C)C)OP(=O)(O)OC(C)(C)C)O[C@H](CO)[C@H](O)[C@@H]1O. The summed E-state index contributed by atoms with van der Waals surface area (Å²) in [5, 5.41) is 32.1. The Morgan fingerprint density at radius 2 is 1.62 bits per heavy atom. The van der Waals surface area contributed by atoms with Crippen LogP contribution < -0.4 is 5.32 Å². The van der Waals surface area contributed by atoms with Gasteiger partial charge in [0.15, 0.2) is 6.29 Å². The van der Waals surface area contributed by atoms with E-state index in [2.05, 4.69) is 5.32 Å². The summed E-state index contributed by atoms with van der Waals surface area (Å²) in [6, 6.07) is -1.02. The molecule has 0 aromatic heterocycles. The summed E-state index contributed by atoms with van der Waals surface area (Å²) in [5.74, 6) is -0.444. The Hall–Kier alpha value is -0.700. The smallest absolute Gasteiger partial charge is 0.394 e. The van der Waals surface area contributed by atoms with Gasteiger partial charge in [0.25, 0.3) is 0 Å². The maximum absolute atomic E-state index is 12.4. The van der Waals surface area contributed by atoms with Crippen molar-refractivity contribution >= 4 is 13.7 Å². The largest absolute Gasteiger partial charge is 0.473 e. The van der Waals surface area contributed by atoms with Gasteiger partial charge in [0, 0.05) is 6.92 Å². The topological polar surface area (TPSA) is 182 Å². The number of carbonyl (C=O) groups excluding carboxylic acids is 1. The fraction of sp³-hybridized carbons (Fsp3) is 0.957. The van der Waals surface area contributed by atoms with E-state index >= 15 is 0 Å². The van der Waals surface area contributed by atoms with Crippen LogP contribution in [0.3, 0.4) is 0 Å². The summed E-state index contributed by atoms with van der Waals surface area (Å²) < 4.78 is 45.0. The lowest BCUT2D eigenvalue weighted by molar-refractivity contribution is -0.272. The molecule has 1 unspecified atom stereocenters. The zero-order valence-corrected chi connectivity index (χ0v) is 23.8. The third-order valence-corrected chi connectivity index (χ3v) is 6.29.